The molecular weight excluding hydrogens is 713 g/mol. The summed E-state index contributed by atoms with van der Waals surface area (Å²) in [5.74, 6) is -2.81. The van der Waals surface area contributed by atoms with Crippen LogP contribution in [-0.2, 0) is 29.1 Å². The number of fused-ring (bicyclic) bond motifs is 1. The second kappa shape index (κ2) is 15.3. The number of azo groups is 1. The summed E-state index contributed by atoms with van der Waals surface area (Å²) < 4.78 is 76.4. The van der Waals surface area contributed by atoms with Crippen molar-refractivity contribution in [1.82, 2.24) is 0 Å². The minimum absolute atomic E-state index is 0. The summed E-state index contributed by atoms with van der Waals surface area (Å²) in [4.78, 5) is 28.1. The molecule has 0 aliphatic rings. The number of rotatable bonds is 9. The average Bonchev–Trinajstić information content (AvgIpc) is 2.91. The Morgan fingerprint density at radius 3 is 2.07 bits per heavy atom. The van der Waals surface area contributed by atoms with Crippen LogP contribution in [-0.4, -0.2) is 106 Å². The zero-order valence-electron chi connectivity index (χ0n) is 21.8. The molecule has 4 rings (SSSR count). The Labute approximate surface area is 309 Å². The number of Topliss-reactive ketones (excluding diaryl/α,β-unsaturated/α-hetero) is 1. The van der Waals surface area contributed by atoms with Gasteiger partial charge in [0, 0.05) is 15.9 Å². The van der Waals surface area contributed by atoms with Crippen molar-refractivity contribution in [1.29, 1.82) is 0 Å². The van der Waals surface area contributed by atoms with Crippen LogP contribution in [0.1, 0.15) is 17.3 Å². The van der Waals surface area contributed by atoms with Crippen LogP contribution < -0.4 is 5.30 Å². The molecule has 0 saturated heterocycles. The Balaban J connectivity index is 0.00000368. The third-order valence-electron chi connectivity index (χ3n) is 5.76. The summed E-state index contributed by atoms with van der Waals surface area (Å²) in [5.41, 5.74) is -0.879. The van der Waals surface area contributed by atoms with Gasteiger partial charge in [-0.05, 0) is 54.8 Å². The molecule has 234 valence electrons. The zero-order valence-corrected chi connectivity index (χ0v) is 25.1. The second-order valence-corrected chi connectivity index (χ2v) is 13.6. The summed E-state index contributed by atoms with van der Waals surface area (Å²) in [6.45, 7) is 1.21. The molecule has 0 spiro atoms. The SMILES string of the molecule is CC(=O)c1ccccc1N=NOS(=O)(=O)c1c(S(=O)(=O)O)cc2ccc(N=Nc3ccc(Cl)cc3P(=O)(O)O)c(O)c2c1O.[NaH].[NaH]. The fourth-order valence-electron chi connectivity index (χ4n) is 3.84. The van der Waals surface area contributed by atoms with Gasteiger partial charge in [-0.25, -0.2) is 4.28 Å². The van der Waals surface area contributed by atoms with E-state index >= 15 is 0 Å². The third kappa shape index (κ3) is 8.78. The topological polar surface area (TPSA) is 262 Å². The molecule has 0 amide bonds. The minimum atomic E-state index is -5.41. The summed E-state index contributed by atoms with van der Waals surface area (Å²) in [6.07, 6.45) is 0. The summed E-state index contributed by atoms with van der Waals surface area (Å²) in [6, 6.07) is 11.7. The van der Waals surface area contributed by atoms with Crippen LogP contribution in [0.4, 0.5) is 17.1 Å². The maximum absolute atomic E-state index is 13.1. The fourth-order valence-corrected chi connectivity index (χ4v) is 6.88. The number of carbonyl (C=O) groups is 1. The van der Waals surface area contributed by atoms with E-state index < -0.39 is 71.3 Å². The number of aromatic hydroxyl groups is 2. The van der Waals surface area contributed by atoms with Crippen molar-refractivity contribution in [2.45, 2.75) is 16.7 Å². The number of nitrogens with zero attached hydrogens (tertiary/aromatic N) is 4. The van der Waals surface area contributed by atoms with Gasteiger partial charge in [-0.3, -0.25) is 13.9 Å². The number of hydrogen-bond acceptors (Lipinski definition) is 13. The van der Waals surface area contributed by atoms with Gasteiger partial charge >= 0.3 is 76.8 Å². The van der Waals surface area contributed by atoms with E-state index in [1.807, 2.05) is 0 Å². The van der Waals surface area contributed by atoms with Crippen molar-refractivity contribution >= 4 is 137 Å². The van der Waals surface area contributed by atoms with E-state index in [0.29, 0.717) is 6.07 Å². The van der Waals surface area contributed by atoms with Crippen molar-refractivity contribution in [2.24, 2.45) is 20.6 Å². The Morgan fingerprint density at radius 1 is 0.848 bits per heavy atom. The molecular formula is C24H20ClN4Na2O12PS2. The maximum atomic E-state index is 13.1. The van der Waals surface area contributed by atoms with E-state index in [1.165, 1.54) is 37.3 Å². The molecule has 0 saturated carbocycles. The first-order chi connectivity index (χ1) is 20.4. The molecule has 46 heavy (non-hydrogen) atoms. The van der Waals surface area contributed by atoms with Gasteiger partial charge in [0.05, 0.1) is 16.4 Å². The molecule has 0 bridgehead atoms. The number of benzene rings is 4. The first-order valence-electron chi connectivity index (χ1n) is 11.6. The van der Waals surface area contributed by atoms with Crippen LogP contribution in [0, 0.1) is 0 Å². The van der Waals surface area contributed by atoms with Gasteiger partial charge in [-0.2, -0.15) is 16.8 Å². The van der Waals surface area contributed by atoms with Gasteiger partial charge in [-0.1, -0.05) is 29.8 Å². The predicted octanol–water partition coefficient (Wildman–Crippen LogP) is 3.68. The molecule has 0 radical (unpaired) electrons. The normalized spacial score (nSPS) is 12.2. The molecule has 0 unspecified atom stereocenters. The molecule has 0 atom stereocenters. The Morgan fingerprint density at radius 2 is 1.46 bits per heavy atom. The number of phenolic OH excluding ortho intramolecular Hbond substituents is 2. The van der Waals surface area contributed by atoms with E-state index in [2.05, 4.69) is 24.9 Å². The van der Waals surface area contributed by atoms with Crippen molar-refractivity contribution < 1.29 is 55.0 Å². The van der Waals surface area contributed by atoms with Gasteiger partial charge in [0.1, 0.15) is 16.3 Å². The molecule has 16 nitrogen and oxygen atoms in total. The molecule has 22 heteroatoms. The van der Waals surface area contributed by atoms with E-state index in [4.69, 9.17) is 11.6 Å². The van der Waals surface area contributed by atoms with Crippen molar-refractivity contribution in [3.05, 3.63) is 71.2 Å². The Hall–Kier alpha value is -2.29. The number of hydrogen-bond donors (Lipinski definition) is 5. The molecule has 0 aliphatic heterocycles. The Bertz CT molecular complexity index is 2180. The number of phenols is 2. The van der Waals surface area contributed by atoms with E-state index in [1.54, 1.807) is 0 Å². The monoisotopic (exact) mass is 732 g/mol. The van der Waals surface area contributed by atoms with E-state index in [-0.39, 0.29) is 86.5 Å². The molecule has 4 aromatic rings. The summed E-state index contributed by atoms with van der Waals surface area (Å²) in [7, 11) is -15.7. The van der Waals surface area contributed by atoms with Gasteiger partial charge < -0.3 is 20.0 Å². The van der Waals surface area contributed by atoms with Gasteiger partial charge in [-0.15, -0.1) is 15.3 Å². The molecule has 5 N–H and O–H groups in total. The fraction of sp³-hybridized carbons (Fsp3) is 0.0417. The standard InChI is InChI=1S/C24H18ClN4O12PS2.2Na.2H/c1-12(30)15-4-2-3-5-16(15)28-29-41-44(39,40)24-20(43(36,37)38)10-13-6-8-18(22(31)21(13)23(24)32)27-26-17-9-7-14(25)11-19(17)42(33,34)35;;;;/h2-11,31-32H,1H3,(H2,33,34,35)(H,36,37,38);;;;. The molecule has 0 aromatic heterocycles. The summed E-state index contributed by atoms with van der Waals surface area (Å²) >= 11 is 5.80. The number of ketones is 1. The van der Waals surface area contributed by atoms with Crippen LogP contribution in [0.15, 0.2) is 91.1 Å². The second-order valence-electron chi connectivity index (χ2n) is 8.72. The van der Waals surface area contributed by atoms with E-state index in [0.717, 1.165) is 24.3 Å². The first kappa shape index (κ1) is 39.9. The van der Waals surface area contributed by atoms with Crippen LogP contribution >= 0.6 is 19.2 Å². The zero-order chi connectivity index (χ0) is 32.6. The predicted molar refractivity (Wildman–Crippen MR) is 168 cm³/mol. The van der Waals surface area contributed by atoms with Crippen molar-refractivity contribution in [2.75, 3.05) is 0 Å². The van der Waals surface area contributed by atoms with Crippen molar-refractivity contribution in [3.8, 4) is 11.5 Å². The molecule has 0 heterocycles. The first-order valence-corrected chi connectivity index (χ1v) is 16.5. The van der Waals surface area contributed by atoms with Crippen LogP contribution in [0.2, 0.25) is 5.02 Å². The number of halogens is 1. The molecule has 0 aliphatic carbocycles. The van der Waals surface area contributed by atoms with Gasteiger partial charge in [0.25, 0.3) is 10.1 Å². The number of carbonyl (C=O) groups excluding carboxylic acids is 1. The molecule has 0 fully saturated rings. The van der Waals surface area contributed by atoms with Crippen LogP contribution in [0.5, 0.6) is 11.5 Å². The van der Waals surface area contributed by atoms with Crippen molar-refractivity contribution in [3.63, 3.8) is 0 Å². The third-order valence-corrected chi connectivity index (χ3v) is 9.16. The van der Waals surface area contributed by atoms with E-state index in [9.17, 15) is 50.7 Å². The van der Waals surface area contributed by atoms with Crippen LogP contribution in [0.25, 0.3) is 10.8 Å². The van der Waals surface area contributed by atoms with Gasteiger partial charge in [0.15, 0.2) is 22.2 Å². The quantitative estimate of drug-likeness (QED) is 0.0412. The summed E-state index contributed by atoms with van der Waals surface area (Å²) in [5, 5.41) is 34.1. The molecule has 4 aromatic carbocycles. The Kier molecular flexibility index (Phi) is 13.3. The van der Waals surface area contributed by atoms with Gasteiger partial charge in [0.2, 0.25) is 0 Å². The van der Waals surface area contributed by atoms with Crippen LogP contribution in [0.3, 0.4) is 0 Å². The average molecular weight is 733 g/mol.